The van der Waals surface area contributed by atoms with Crippen molar-refractivity contribution in [1.29, 1.82) is 0 Å². The molecule has 1 heterocycles. The van der Waals surface area contributed by atoms with Gasteiger partial charge in [-0.2, -0.15) is 5.10 Å². The summed E-state index contributed by atoms with van der Waals surface area (Å²) < 4.78 is 2.37. The van der Waals surface area contributed by atoms with Crippen LogP contribution in [0.5, 0.6) is 0 Å². The number of hydrogen-bond donors (Lipinski definition) is 2. The lowest BCUT2D eigenvalue weighted by molar-refractivity contribution is 0.318. The molecule has 16 heavy (non-hydrogen) atoms. The van der Waals surface area contributed by atoms with E-state index >= 15 is 0 Å². The zero-order chi connectivity index (χ0) is 11.5. The van der Waals surface area contributed by atoms with Gasteiger partial charge in [0.05, 0.1) is 5.69 Å². The predicted octanol–water partition coefficient (Wildman–Crippen LogP) is 1.12. The first-order valence-corrected chi connectivity index (χ1v) is 5.14. The molecule has 0 unspecified atom stereocenters. The number of oxime groups is 1. The van der Waals surface area contributed by atoms with Crippen molar-refractivity contribution in [2.75, 3.05) is 0 Å². The van der Waals surface area contributed by atoms with E-state index in [1.807, 2.05) is 6.07 Å². The highest BCUT2D eigenvalue weighted by Crippen LogP contribution is 2.19. The Labute approximate surface area is 99.5 Å². The zero-order valence-electron chi connectivity index (χ0n) is 8.08. The monoisotopic (exact) mass is 281 g/mol. The van der Waals surface area contributed by atoms with Crippen LogP contribution < -0.4 is 5.73 Å². The maximum atomic E-state index is 8.70. The van der Waals surface area contributed by atoms with Gasteiger partial charge in [0.2, 0.25) is 0 Å². The molecule has 2 aromatic rings. The SMILES string of the molecule is N/C(=N/O)c1cc(Br)ccc1-n1cncn1. The molecule has 3 N–H and O–H groups in total. The molecule has 7 heteroatoms. The molecule has 0 aliphatic rings. The Hall–Kier alpha value is -1.89. The van der Waals surface area contributed by atoms with Crippen LogP contribution >= 0.6 is 15.9 Å². The molecule has 0 atom stereocenters. The maximum absolute atomic E-state index is 8.70. The average molecular weight is 282 g/mol. The molecule has 0 saturated heterocycles. The highest BCUT2D eigenvalue weighted by molar-refractivity contribution is 9.10. The van der Waals surface area contributed by atoms with Gasteiger partial charge >= 0.3 is 0 Å². The van der Waals surface area contributed by atoms with Gasteiger partial charge < -0.3 is 10.9 Å². The quantitative estimate of drug-likeness (QED) is 0.374. The number of halogens is 1. The van der Waals surface area contributed by atoms with Crippen molar-refractivity contribution in [2.24, 2.45) is 10.9 Å². The predicted molar refractivity (Wildman–Crippen MR) is 61.6 cm³/mol. The molecule has 82 valence electrons. The molecule has 6 nitrogen and oxygen atoms in total. The van der Waals surface area contributed by atoms with Crippen molar-refractivity contribution in [3.63, 3.8) is 0 Å². The highest BCUT2D eigenvalue weighted by atomic mass is 79.9. The Balaban J connectivity index is 2.62. The number of amidine groups is 1. The van der Waals surface area contributed by atoms with Crippen LogP contribution in [-0.2, 0) is 0 Å². The molecular weight excluding hydrogens is 274 g/mol. The van der Waals surface area contributed by atoms with Gasteiger partial charge in [-0.1, -0.05) is 21.1 Å². The van der Waals surface area contributed by atoms with Crippen molar-refractivity contribution in [2.45, 2.75) is 0 Å². The van der Waals surface area contributed by atoms with Gasteiger partial charge in [-0.05, 0) is 18.2 Å². The van der Waals surface area contributed by atoms with E-state index in [2.05, 4.69) is 31.2 Å². The lowest BCUT2D eigenvalue weighted by Crippen LogP contribution is -2.16. The molecule has 0 bridgehead atoms. The number of benzene rings is 1. The largest absolute Gasteiger partial charge is 0.409 e. The van der Waals surface area contributed by atoms with Crippen LogP contribution in [0.25, 0.3) is 5.69 Å². The van der Waals surface area contributed by atoms with E-state index < -0.39 is 0 Å². The van der Waals surface area contributed by atoms with Crippen molar-refractivity contribution >= 4 is 21.8 Å². The van der Waals surface area contributed by atoms with Gasteiger partial charge in [-0.15, -0.1) is 0 Å². The number of nitrogens with two attached hydrogens (primary N) is 1. The fraction of sp³-hybridized carbons (Fsp3) is 0. The summed E-state index contributed by atoms with van der Waals surface area (Å²) in [4.78, 5) is 3.84. The molecule has 0 aliphatic heterocycles. The zero-order valence-corrected chi connectivity index (χ0v) is 9.66. The van der Waals surface area contributed by atoms with Crippen LogP contribution in [0.15, 0.2) is 40.5 Å². The Morgan fingerprint density at radius 3 is 2.94 bits per heavy atom. The second-order valence-corrected chi connectivity index (χ2v) is 3.90. The Morgan fingerprint density at radius 2 is 2.31 bits per heavy atom. The third-order valence-electron chi connectivity index (χ3n) is 2.01. The minimum Gasteiger partial charge on any atom is -0.409 e. The molecule has 0 amide bonds. The van der Waals surface area contributed by atoms with Gasteiger partial charge in [0, 0.05) is 10.0 Å². The van der Waals surface area contributed by atoms with Crippen molar-refractivity contribution in [3.8, 4) is 5.69 Å². The normalized spacial score (nSPS) is 11.7. The minimum absolute atomic E-state index is 0.0202. The third-order valence-corrected chi connectivity index (χ3v) is 2.50. The Bertz CT molecular complexity index is 523. The smallest absolute Gasteiger partial charge is 0.172 e. The van der Waals surface area contributed by atoms with E-state index in [-0.39, 0.29) is 5.84 Å². The Morgan fingerprint density at radius 1 is 1.50 bits per heavy atom. The van der Waals surface area contributed by atoms with Crippen LogP contribution in [0.3, 0.4) is 0 Å². The van der Waals surface area contributed by atoms with E-state index in [0.29, 0.717) is 11.3 Å². The van der Waals surface area contributed by atoms with E-state index in [1.54, 1.807) is 16.8 Å². The summed E-state index contributed by atoms with van der Waals surface area (Å²) in [5.74, 6) is 0.0202. The fourth-order valence-corrected chi connectivity index (χ4v) is 1.66. The molecule has 0 radical (unpaired) electrons. The molecule has 2 rings (SSSR count). The van der Waals surface area contributed by atoms with Crippen LogP contribution in [0, 0.1) is 0 Å². The van der Waals surface area contributed by atoms with Gasteiger partial charge in [0.15, 0.2) is 5.84 Å². The van der Waals surface area contributed by atoms with Gasteiger partial charge in [-0.25, -0.2) is 9.67 Å². The van der Waals surface area contributed by atoms with Crippen molar-refractivity contribution in [3.05, 3.63) is 40.9 Å². The fourth-order valence-electron chi connectivity index (χ4n) is 1.30. The van der Waals surface area contributed by atoms with Crippen LogP contribution in [0.2, 0.25) is 0 Å². The van der Waals surface area contributed by atoms with E-state index in [1.165, 1.54) is 12.7 Å². The number of aromatic nitrogens is 3. The second-order valence-electron chi connectivity index (χ2n) is 2.99. The topological polar surface area (TPSA) is 89.3 Å². The number of rotatable bonds is 2. The van der Waals surface area contributed by atoms with Crippen molar-refractivity contribution in [1.82, 2.24) is 14.8 Å². The van der Waals surface area contributed by atoms with Gasteiger partial charge in [0.25, 0.3) is 0 Å². The molecule has 0 fully saturated rings. The first-order chi connectivity index (χ1) is 7.72. The van der Waals surface area contributed by atoms with Crippen LogP contribution in [0.1, 0.15) is 5.56 Å². The minimum atomic E-state index is 0.0202. The second kappa shape index (κ2) is 4.31. The lowest BCUT2D eigenvalue weighted by atomic mass is 10.1. The van der Waals surface area contributed by atoms with E-state index in [9.17, 15) is 0 Å². The van der Waals surface area contributed by atoms with Crippen molar-refractivity contribution < 1.29 is 5.21 Å². The van der Waals surface area contributed by atoms with Gasteiger partial charge in [-0.3, -0.25) is 0 Å². The summed E-state index contributed by atoms with van der Waals surface area (Å²) in [6, 6.07) is 5.38. The van der Waals surface area contributed by atoms with Crippen LogP contribution in [-0.4, -0.2) is 25.8 Å². The molecule has 0 saturated carbocycles. The van der Waals surface area contributed by atoms with E-state index in [4.69, 9.17) is 10.9 Å². The highest BCUT2D eigenvalue weighted by Gasteiger charge is 2.09. The summed E-state index contributed by atoms with van der Waals surface area (Å²) in [5, 5.41) is 15.7. The molecular formula is C9H8BrN5O. The summed E-state index contributed by atoms with van der Waals surface area (Å²) >= 11 is 3.32. The summed E-state index contributed by atoms with van der Waals surface area (Å²) in [6.07, 6.45) is 2.95. The first kappa shape index (κ1) is 10.6. The van der Waals surface area contributed by atoms with E-state index in [0.717, 1.165) is 4.47 Å². The molecule has 0 spiro atoms. The summed E-state index contributed by atoms with van der Waals surface area (Å²) in [6.45, 7) is 0. The lowest BCUT2D eigenvalue weighted by Gasteiger charge is -2.07. The number of hydrogen-bond acceptors (Lipinski definition) is 4. The summed E-state index contributed by atoms with van der Waals surface area (Å²) in [5.41, 5.74) is 6.85. The summed E-state index contributed by atoms with van der Waals surface area (Å²) in [7, 11) is 0. The number of nitrogens with zero attached hydrogens (tertiary/aromatic N) is 4. The molecule has 1 aromatic carbocycles. The first-order valence-electron chi connectivity index (χ1n) is 4.35. The Kier molecular flexibility index (Phi) is 2.86. The van der Waals surface area contributed by atoms with Gasteiger partial charge in [0.1, 0.15) is 12.7 Å². The van der Waals surface area contributed by atoms with Crippen LogP contribution in [0.4, 0.5) is 0 Å². The standard InChI is InChI=1S/C9H8BrN5O/c10-6-1-2-8(15-5-12-4-13-15)7(3-6)9(11)14-16/h1-5,16H,(H2,11,14). The average Bonchev–Trinajstić information content (AvgIpc) is 2.81. The third kappa shape index (κ3) is 1.89. The molecule has 1 aromatic heterocycles. The molecule has 0 aliphatic carbocycles. The maximum Gasteiger partial charge on any atom is 0.172 e.